The Kier molecular flexibility index (Phi) is 7.56. The summed E-state index contributed by atoms with van der Waals surface area (Å²) in [5.41, 5.74) is 6.99. The maximum atomic E-state index is 6.34. The Morgan fingerprint density at radius 1 is 0.853 bits per heavy atom. The molecule has 3 aromatic carbocycles. The molecule has 4 aromatic rings. The molecule has 1 heterocycles. The van der Waals surface area contributed by atoms with Crippen molar-refractivity contribution in [3.63, 3.8) is 0 Å². The van der Waals surface area contributed by atoms with Crippen molar-refractivity contribution in [2.45, 2.75) is 66.5 Å². The summed E-state index contributed by atoms with van der Waals surface area (Å²) < 4.78 is 14.8. The first kappa shape index (κ1) is 23.9. The number of unbranched alkanes of at least 4 members (excludes halogenated alkanes) is 1. The van der Waals surface area contributed by atoms with Gasteiger partial charge in [-0.15, -0.1) is 0 Å². The molecule has 0 N–H and O–H groups in total. The fourth-order valence-electron chi connectivity index (χ4n) is 4.44. The number of nitrogens with zero attached hydrogens (tertiary/aromatic N) is 2. The minimum Gasteiger partial charge on any atom is -0.493 e. The van der Waals surface area contributed by atoms with Gasteiger partial charge in [0.05, 0.1) is 17.6 Å². The van der Waals surface area contributed by atoms with E-state index in [4.69, 9.17) is 14.5 Å². The summed E-state index contributed by atoms with van der Waals surface area (Å²) >= 11 is 0. The number of hydrogen-bond donors (Lipinski definition) is 0. The topological polar surface area (TPSA) is 36.3 Å². The third kappa shape index (κ3) is 5.44. The van der Waals surface area contributed by atoms with Crippen molar-refractivity contribution in [3.05, 3.63) is 88.7 Å². The second kappa shape index (κ2) is 10.8. The monoisotopic (exact) mass is 456 g/mol. The van der Waals surface area contributed by atoms with E-state index in [1.807, 2.05) is 6.07 Å². The Morgan fingerprint density at radius 2 is 1.62 bits per heavy atom. The standard InChI is InChI=1S/C30H36N2O2/c1-21(2)25-16-15-22(3)19-28(25)34-20-29-31-26-13-6-7-14-27(26)32(29)17-8-9-18-33-30-23(4)11-10-12-24(30)5/h6-7,10-16,19,21H,8-9,17-18,20H2,1-5H3. The average molecular weight is 457 g/mol. The van der Waals surface area contributed by atoms with E-state index >= 15 is 0 Å². The SMILES string of the molecule is Cc1ccc(C(C)C)c(OCc2nc3ccccc3n2CCCCOc2c(C)cccc2C)c1. The minimum atomic E-state index is 0.409. The number of aromatic nitrogens is 2. The number of rotatable bonds is 10. The van der Waals surface area contributed by atoms with Crippen LogP contribution in [0, 0.1) is 20.8 Å². The molecule has 0 radical (unpaired) electrons. The largest absolute Gasteiger partial charge is 0.493 e. The van der Waals surface area contributed by atoms with Gasteiger partial charge in [-0.3, -0.25) is 0 Å². The Hall–Kier alpha value is -3.27. The zero-order valence-electron chi connectivity index (χ0n) is 21.1. The second-order valence-electron chi connectivity index (χ2n) is 9.43. The Labute approximate surface area is 203 Å². The third-order valence-electron chi connectivity index (χ3n) is 6.31. The van der Waals surface area contributed by atoms with Gasteiger partial charge in [-0.05, 0) is 80.0 Å². The highest BCUT2D eigenvalue weighted by Crippen LogP contribution is 2.29. The van der Waals surface area contributed by atoms with Crippen molar-refractivity contribution < 1.29 is 9.47 Å². The Bertz CT molecular complexity index is 1240. The van der Waals surface area contributed by atoms with Crippen LogP contribution in [0.4, 0.5) is 0 Å². The van der Waals surface area contributed by atoms with E-state index in [1.54, 1.807) is 0 Å². The van der Waals surface area contributed by atoms with Crippen LogP contribution >= 0.6 is 0 Å². The molecular formula is C30H36N2O2. The van der Waals surface area contributed by atoms with Gasteiger partial charge in [0.2, 0.25) is 0 Å². The quantitative estimate of drug-likeness (QED) is 0.232. The zero-order valence-corrected chi connectivity index (χ0v) is 21.1. The van der Waals surface area contributed by atoms with Crippen molar-refractivity contribution in [1.29, 1.82) is 0 Å². The molecule has 1 aromatic heterocycles. The van der Waals surface area contributed by atoms with Crippen molar-refractivity contribution in [2.24, 2.45) is 0 Å². The number of para-hydroxylation sites is 3. The average Bonchev–Trinajstić information content (AvgIpc) is 3.16. The molecule has 0 spiro atoms. The fraction of sp³-hybridized carbons (Fsp3) is 0.367. The van der Waals surface area contributed by atoms with E-state index in [1.165, 1.54) is 22.3 Å². The molecule has 4 rings (SSSR count). The van der Waals surface area contributed by atoms with E-state index < -0.39 is 0 Å². The summed E-state index contributed by atoms with van der Waals surface area (Å²) in [7, 11) is 0. The predicted octanol–water partition coefficient (Wildman–Crippen LogP) is 7.52. The molecule has 0 fully saturated rings. The summed E-state index contributed by atoms with van der Waals surface area (Å²) in [4.78, 5) is 4.90. The summed E-state index contributed by atoms with van der Waals surface area (Å²) in [5, 5.41) is 0. The van der Waals surface area contributed by atoms with Crippen LogP contribution in [0.15, 0.2) is 60.7 Å². The van der Waals surface area contributed by atoms with Crippen LogP contribution in [-0.2, 0) is 13.2 Å². The van der Waals surface area contributed by atoms with Crippen molar-refractivity contribution in [2.75, 3.05) is 6.61 Å². The molecule has 0 saturated heterocycles. The third-order valence-corrected chi connectivity index (χ3v) is 6.31. The van der Waals surface area contributed by atoms with Crippen LogP contribution in [0.3, 0.4) is 0 Å². The van der Waals surface area contributed by atoms with Crippen LogP contribution in [-0.4, -0.2) is 16.2 Å². The van der Waals surface area contributed by atoms with Gasteiger partial charge >= 0.3 is 0 Å². The van der Waals surface area contributed by atoms with Gasteiger partial charge in [-0.25, -0.2) is 4.98 Å². The molecule has 4 nitrogen and oxygen atoms in total. The first-order valence-corrected chi connectivity index (χ1v) is 12.3. The van der Waals surface area contributed by atoms with Crippen LogP contribution in [0.25, 0.3) is 11.0 Å². The smallest absolute Gasteiger partial charge is 0.147 e. The van der Waals surface area contributed by atoms with Crippen LogP contribution < -0.4 is 9.47 Å². The highest BCUT2D eigenvalue weighted by atomic mass is 16.5. The lowest BCUT2D eigenvalue weighted by atomic mass is 10.0. The number of imidazole rings is 1. The van der Waals surface area contributed by atoms with Gasteiger partial charge in [0.1, 0.15) is 23.9 Å². The van der Waals surface area contributed by atoms with Gasteiger partial charge in [0.15, 0.2) is 0 Å². The Morgan fingerprint density at radius 3 is 2.38 bits per heavy atom. The van der Waals surface area contributed by atoms with Gasteiger partial charge in [0, 0.05) is 6.54 Å². The minimum absolute atomic E-state index is 0.409. The Balaban J connectivity index is 1.44. The lowest BCUT2D eigenvalue weighted by Crippen LogP contribution is -2.10. The molecular weight excluding hydrogens is 420 g/mol. The molecule has 0 aliphatic carbocycles. The lowest BCUT2D eigenvalue weighted by Gasteiger charge is -2.16. The molecule has 0 bridgehead atoms. The lowest BCUT2D eigenvalue weighted by molar-refractivity contribution is 0.281. The van der Waals surface area contributed by atoms with E-state index in [9.17, 15) is 0 Å². The van der Waals surface area contributed by atoms with Crippen molar-refractivity contribution in [1.82, 2.24) is 9.55 Å². The summed E-state index contributed by atoms with van der Waals surface area (Å²) in [6.07, 6.45) is 2.00. The number of fused-ring (bicyclic) bond motifs is 1. The molecule has 34 heavy (non-hydrogen) atoms. The van der Waals surface area contributed by atoms with Gasteiger partial charge in [-0.2, -0.15) is 0 Å². The van der Waals surface area contributed by atoms with E-state index in [2.05, 4.69) is 93.8 Å². The van der Waals surface area contributed by atoms with Crippen LogP contribution in [0.5, 0.6) is 11.5 Å². The molecule has 4 heteroatoms. The first-order valence-electron chi connectivity index (χ1n) is 12.3. The summed E-state index contributed by atoms with van der Waals surface area (Å²) in [6.45, 7) is 12.8. The molecule has 0 unspecified atom stereocenters. The fourth-order valence-corrected chi connectivity index (χ4v) is 4.44. The highest BCUT2D eigenvalue weighted by Gasteiger charge is 2.14. The predicted molar refractivity (Wildman–Crippen MR) is 140 cm³/mol. The number of hydrogen-bond acceptors (Lipinski definition) is 3. The van der Waals surface area contributed by atoms with E-state index in [-0.39, 0.29) is 0 Å². The molecule has 0 aliphatic heterocycles. The molecule has 0 amide bonds. The van der Waals surface area contributed by atoms with Crippen molar-refractivity contribution in [3.8, 4) is 11.5 Å². The number of aryl methyl sites for hydroxylation is 4. The number of ether oxygens (including phenoxy) is 2. The zero-order chi connectivity index (χ0) is 24.1. The van der Waals surface area contributed by atoms with Crippen molar-refractivity contribution >= 4 is 11.0 Å². The molecule has 0 atom stereocenters. The first-order chi connectivity index (χ1) is 16.4. The van der Waals surface area contributed by atoms with Gasteiger partial charge in [0.25, 0.3) is 0 Å². The maximum Gasteiger partial charge on any atom is 0.147 e. The van der Waals surface area contributed by atoms with Gasteiger partial charge in [-0.1, -0.05) is 56.3 Å². The number of benzene rings is 3. The summed E-state index contributed by atoms with van der Waals surface area (Å²) in [5.74, 6) is 3.35. The normalized spacial score (nSPS) is 11.4. The van der Waals surface area contributed by atoms with E-state index in [0.717, 1.165) is 47.7 Å². The molecule has 178 valence electrons. The van der Waals surface area contributed by atoms with E-state index in [0.29, 0.717) is 19.1 Å². The van der Waals surface area contributed by atoms with Crippen LogP contribution in [0.2, 0.25) is 0 Å². The van der Waals surface area contributed by atoms with Crippen LogP contribution in [0.1, 0.15) is 60.7 Å². The second-order valence-corrected chi connectivity index (χ2v) is 9.43. The van der Waals surface area contributed by atoms with Gasteiger partial charge < -0.3 is 14.0 Å². The maximum absolute atomic E-state index is 6.34. The summed E-state index contributed by atoms with van der Waals surface area (Å²) in [6, 6.07) is 21.1. The molecule has 0 aliphatic rings. The molecule has 0 saturated carbocycles. The highest BCUT2D eigenvalue weighted by molar-refractivity contribution is 5.75.